The van der Waals surface area contributed by atoms with Gasteiger partial charge in [0.2, 0.25) is 11.8 Å². The minimum absolute atomic E-state index is 0.0764. The van der Waals surface area contributed by atoms with Crippen LogP contribution in [0.5, 0.6) is 0 Å². The van der Waals surface area contributed by atoms with Gasteiger partial charge in [-0.3, -0.25) is 19.8 Å². The first kappa shape index (κ1) is 15.6. The Morgan fingerprint density at radius 1 is 1.48 bits per heavy atom. The monoisotopic (exact) mass is 293 g/mol. The molecule has 0 radical (unpaired) electrons. The highest BCUT2D eigenvalue weighted by atomic mass is 19.1. The van der Waals surface area contributed by atoms with Crippen LogP contribution in [0, 0.1) is 5.82 Å². The highest BCUT2D eigenvalue weighted by molar-refractivity contribution is 6.01. The summed E-state index contributed by atoms with van der Waals surface area (Å²) < 4.78 is 13.5. The van der Waals surface area contributed by atoms with Crippen molar-refractivity contribution < 1.29 is 14.0 Å². The molecular weight excluding hydrogens is 273 g/mol. The standard InChI is InChI=1S/C15H20FN3O2/c1-3-12-15(21)18-13(20)8-19(12)14(9(2)17)10-5-4-6-11(16)7-10/h4-7,9,12,14H,3,8,17H2,1-2H3,(H,18,20,21). The van der Waals surface area contributed by atoms with Crippen molar-refractivity contribution in [1.29, 1.82) is 0 Å². The number of benzene rings is 1. The number of nitrogens with one attached hydrogen (secondary N) is 1. The zero-order chi connectivity index (χ0) is 15.6. The van der Waals surface area contributed by atoms with Crippen LogP contribution in [0.15, 0.2) is 24.3 Å². The van der Waals surface area contributed by atoms with Gasteiger partial charge in [0.05, 0.1) is 18.6 Å². The van der Waals surface area contributed by atoms with Gasteiger partial charge in [-0.25, -0.2) is 4.39 Å². The highest BCUT2D eigenvalue weighted by Gasteiger charge is 2.38. The second-order valence-corrected chi connectivity index (χ2v) is 5.37. The van der Waals surface area contributed by atoms with E-state index in [9.17, 15) is 14.0 Å². The van der Waals surface area contributed by atoms with E-state index < -0.39 is 6.04 Å². The number of rotatable bonds is 4. The number of hydrogen-bond acceptors (Lipinski definition) is 4. The van der Waals surface area contributed by atoms with Crippen LogP contribution in [-0.4, -0.2) is 35.3 Å². The smallest absolute Gasteiger partial charge is 0.243 e. The lowest BCUT2D eigenvalue weighted by Crippen LogP contribution is -2.60. The number of amides is 2. The fourth-order valence-corrected chi connectivity index (χ4v) is 2.89. The molecule has 0 bridgehead atoms. The molecule has 114 valence electrons. The molecule has 1 aromatic rings. The molecule has 0 aliphatic carbocycles. The van der Waals surface area contributed by atoms with Gasteiger partial charge >= 0.3 is 0 Å². The summed E-state index contributed by atoms with van der Waals surface area (Å²) in [5.41, 5.74) is 6.72. The number of piperazine rings is 1. The zero-order valence-electron chi connectivity index (χ0n) is 12.2. The first-order chi connectivity index (χ1) is 9.93. The first-order valence-electron chi connectivity index (χ1n) is 7.04. The molecule has 0 spiro atoms. The van der Waals surface area contributed by atoms with E-state index in [1.54, 1.807) is 24.0 Å². The van der Waals surface area contributed by atoms with E-state index in [0.29, 0.717) is 12.0 Å². The summed E-state index contributed by atoms with van der Waals surface area (Å²) in [4.78, 5) is 25.4. The summed E-state index contributed by atoms with van der Waals surface area (Å²) in [6, 6.07) is 4.94. The molecule has 21 heavy (non-hydrogen) atoms. The molecule has 2 rings (SSSR count). The van der Waals surface area contributed by atoms with Crippen LogP contribution in [0.3, 0.4) is 0 Å². The van der Waals surface area contributed by atoms with E-state index in [1.165, 1.54) is 12.1 Å². The maximum atomic E-state index is 13.5. The fourth-order valence-electron chi connectivity index (χ4n) is 2.89. The Morgan fingerprint density at radius 2 is 2.19 bits per heavy atom. The number of nitrogens with zero attached hydrogens (tertiary/aromatic N) is 1. The third kappa shape index (κ3) is 3.28. The maximum absolute atomic E-state index is 13.5. The van der Waals surface area contributed by atoms with Gasteiger partial charge in [0.25, 0.3) is 0 Å². The zero-order valence-corrected chi connectivity index (χ0v) is 12.2. The van der Waals surface area contributed by atoms with Crippen molar-refractivity contribution in [2.45, 2.75) is 38.4 Å². The molecular formula is C15H20FN3O2. The quantitative estimate of drug-likeness (QED) is 0.811. The van der Waals surface area contributed by atoms with Gasteiger partial charge in [-0.15, -0.1) is 0 Å². The highest BCUT2D eigenvalue weighted by Crippen LogP contribution is 2.28. The molecule has 2 amide bonds. The SMILES string of the molecule is CCC1C(=O)NC(=O)CN1C(c1cccc(F)c1)C(C)N. The third-order valence-electron chi connectivity index (χ3n) is 3.72. The molecule has 6 heteroatoms. The molecule has 1 saturated heterocycles. The lowest BCUT2D eigenvalue weighted by molar-refractivity contribution is -0.142. The topological polar surface area (TPSA) is 75.4 Å². The molecule has 1 aliphatic heterocycles. The van der Waals surface area contributed by atoms with Crippen molar-refractivity contribution in [3.63, 3.8) is 0 Å². The summed E-state index contributed by atoms with van der Waals surface area (Å²) in [5, 5.41) is 2.33. The Morgan fingerprint density at radius 3 is 2.76 bits per heavy atom. The number of carbonyl (C=O) groups excluding carboxylic acids is 2. The molecule has 0 aromatic heterocycles. The number of hydrogen-bond donors (Lipinski definition) is 2. The Balaban J connectivity index is 2.40. The van der Waals surface area contributed by atoms with Gasteiger partial charge in [-0.2, -0.15) is 0 Å². The number of nitrogens with two attached hydrogens (primary N) is 1. The van der Waals surface area contributed by atoms with Gasteiger partial charge in [0, 0.05) is 6.04 Å². The van der Waals surface area contributed by atoms with Crippen LogP contribution in [0.4, 0.5) is 4.39 Å². The van der Waals surface area contributed by atoms with Crippen molar-refractivity contribution in [3.8, 4) is 0 Å². The Bertz CT molecular complexity index is 547. The predicted octanol–water partition coefficient (Wildman–Crippen LogP) is 0.951. The van der Waals surface area contributed by atoms with Crippen LogP contribution in [0.2, 0.25) is 0 Å². The minimum Gasteiger partial charge on any atom is -0.326 e. The number of imide groups is 1. The molecule has 3 atom stereocenters. The van der Waals surface area contributed by atoms with Crippen LogP contribution in [-0.2, 0) is 9.59 Å². The molecule has 0 saturated carbocycles. The third-order valence-corrected chi connectivity index (χ3v) is 3.72. The van der Waals surface area contributed by atoms with Gasteiger partial charge < -0.3 is 5.73 Å². The molecule has 1 heterocycles. The maximum Gasteiger partial charge on any atom is 0.243 e. The summed E-state index contributed by atoms with van der Waals surface area (Å²) in [5.74, 6) is -1.04. The Hall–Kier alpha value is -1.79. The van der Waals surface area contributed by atoms with E-state index in [0.717, 1.165) is 0 Å². The molecule has 5 nitrogen and oxygen atoms in total. The summed E-state index contributed by atoms with van der Waals surface area (Å²) >= 11 is 0. The van der Waals surface area contributed by atoms with Crippen LogP contribution >= 0.6 is 0 Å². The second-order valence-electron chi connectivity index (χ2n) is 5.37. The van der Waals surface area contributed by atoms with Crippen LogP contribution < -0.4 is 11.1 Å². The van der Waals surface area contributed by atoms with E-state index >= 15 is 0 Å². The molecule has 1 aliphatic rings. The van der Waals surface area contributed by atoms with Crippen molar-refractivity contribution in [2.24, 2.45) is 5.73 Å². The molecule has 3 unspecified atom stereocenters. The summed E-state index contributed by atoms with van der Waals surface area (Å²) in [7, 11) is 0. The molecule has 1 fully saturated rings. The van der Waals surface area contributed by atoms with Gasteiger partial charge in [-0.05, 0) is 31.0 Å². The summed E-state index contributed by atoms with van der Waals surface area (Å²) in [6.45, 7) is 3.74. The van der Waals surface area contributed by atoms with E-state index in [1.807, 2.05) is 6.92 Å². The van der Waals surface area contributed by atoms with Crippen LogP contribution in [0.25, 0.3) is 0 Å². The average molecular weight is 293 g/mol. The van der Waals surface area contributed by atoms with Crippen LogP contribution in [0.1, 0.15) is 31.9 Å². The lowest BCUT2D eigenvalue weighted by Gasteiger charge is -2.41. The van der Waals surface area contributed by atoms with Gasteiger partial charge in [0.15, 0.2) is 0 Å². The lowest BCUT2D eigenvalue weighted by atomic mass is 9.95. The Kier molecular flexibility index (Phi) is 4.69. The second kappa shape index (κ2) is 6.32. The van der Waals surface area contributed by atoms with Gasteiger partial charge in [-0.1, -0.05) is 19.1 Å². The first-order valence-corrected chi connectivity index (χ1v) is 7.04. The normalized spacial score (nSPS) is 22.8. The van der Waals surface area contributed by atoms with Crippen molar-refractivity contribution in [3.05, 3.63) is 35.6 Å². The van der Waals surface area contributed by atoms with Crippen molar-refractivity contribution in [2.75, 3.05) is 6.54 Å². The fraction of sp³-hybridized carbons (Fsp3) is 0.467. The minimum atomic E-state index is -0.443. The number of halogens is 1. The van der Waals surface area contributed by atoms with Crippen molar-refractivity contribution >= 4 is 11.8 Å². The predicted molar refractivity (Wildman–Crippen MR) is 76.7 cm³/mol. The summed E-state index contributed by atoms with van der Waals surface area (Å²) in [6.07, 6.45) is 0.553. The van der Waals surface area contributed by atoms with E-state index in [4.69, 9.17) is 5.73 Å². The Labute approximate surface area is 123 Å². The van der Waals surface area contributed by atoms with E-state index in [-0.39, 0.29) is 36.3 Å². The van der Waals surface area contributed by atoms with Crippen molar-refractivity contribution in [1.82, 2.24) is 10.2 Å². The largest absolute Gasteiger partial charge is 0.326 e. The number of carbonyl (C=O) groups is 2. The van der Waals surface area contributed by atoms with E-state index in [2.05, 4.69) is 5.32 Å². The molecule has 1 aromatic carbocycles. The average Bonchev–Trinajstić information content (AvgIpc) is 2.38. The van der Waals surface area contributed by atoms with Gasteiger partial charge in [0.1, 0.15) is 5.82 Å². The molecule has 3 N–H and O–H groups in total.